The first-order chi connectivity index (χ1) is 7.74. The van der Waals surface area contributed by atoms with Crippen molar-refractivity contribution in [2.24, 2.45) is 5.92 Å². The summed E-state index contributed by atoms with van der Waals surface area (Å²) in [5.41, 5.74) is 0. The summed E-state index contributed by atoms with van der Waals surface area (Å²) in [6.45, 7) is 2.47. The molecule has 1 aliphatic carbocycles. The van der Waals surface area contributed by atoms with Gasteiger partial charge in [-0.1, -0.05) is 26.2 Å². The minimum atomic E-state index is -0.311. The monoisotopic (exact) mass is 228 g/mol. The number of carbonyl (C=O) groups excluding carboxylic acids is 1. The first-order valence-electron chi connectivity index (χ1n) is 6.57. The van der Waals surface area contributed by atoms with Crippen LogP contribution in [-0.4, -0.2) is 23.8 Å². The lowest BCUT2D eigenvalue weighted by Gasteiger charge is -2.26. The van der Waals surface area contributed by atoms with Crippen molar-refractivity contribution in [3.63, 3.8) is 0 Å². The molecule has 0 aromatic heterocycles. The second kappa shape index (κ2) is 7.66. The number of hydrogen-bond donors (Lipinski definition) is 1. The van der Waals surface area contributed by atoms with E-state index in [0.717, 1.165) is 19.3 Å². The van der Waals surface area contributed by atoms with E-state index in [0.29, 0.717) is 25.4 Å². The van der Waals surface area contributed by atoms with Crippen LogP contribution in [0.15, 0.2) is 0 Å². The lowest BCUT2D eigenvalue weighted by Crippen LogP contribution is -2.24. The lowest BCUT2D eigenvalue weighted by atomic mass is 9.84. The summed E-state index contributed by atoms with van der Waals surface area (Å²) in [7, 11) is 0. The Morgan fingerprint density at radius 3 is 2.69 bits per heavy atom. The van der Waals surface area contributed by atoms with Crippen LogP contribution in [0, 0.1) is 5.92 Å². The van der Waals surface area contributed by atoms with Crippen LogP contribution < -0.4 is 0 Å². The van der Waals surface area contributed by atoms with E-state index >= 15 is 0 Å². The maximum atomic E-state index is 11.3. The fraction of sp³-hybridized carbons (Fsp3) is 0.923. The fourth-order valence-corrected chi connectivity index (χ4v) is 2.31. The predicted molar refractivity (Wildman–Crippen MR) is 63.1 cm³/mol. The van der Waals surface area contributed by atoms with Gasteiger partial charge in [-0.2, -0.15) is 0 Å². The van der Waals surface area contributed by atoms with Gasteiger partial charge in [0.15, 0.2) is 0 Å². The van der Waals surface area contributed by atoms with E-state index in [9.17, 15) is 9.90 Å². The Labute approximate surface area is 98.2 Å². The van der Waals surface area contributed by atoms with Crippen LogP contribution in [0.3, 0.4) is 0 Å². The van der Waals surface area contributed by atoms with Crippen molar-refractivity contribution in [3.05, 3.63) is 0 Å². The smallest absolute Gasteiger partial charge is 0.305 e. The average Bonchev–Trinajstić information content (AvgIpc) is 2.34. The Hall–Kier alpha value is -0.570. The summed E-state index contributed by atoms with van der Waals surface area (Å²) in [6.07, 6.45) is 7.44. The number of ether oxygens (including phenoxy) is 1. The van der Waals surface area contributed by atoms with Gasteiger partial charge < -0.3 is 9.84 Å². The molecule has 0 radical (unpaired) electrons. The maximum absolute atomic E-state index is 11.3. The highest BCUT2D eigenvalue weighted by Crippen LogP contribution is 2.28. The molecular weight excluding hydrogens is 204 g/mol. The van der Waals surface area contributed by atoms with Gasteiger partial charge >= 0.3 is 5.97 Å². The van der Waals surface area contributed by atoms with Gasteiger partial charge in [-0.25, -0.2) is 0 Å². The summed E-state index contributed by atoms with van der Waals surface area (Å²) >= 11 is 0. The van der Waals surface area contributed by atoms with Gasteiger partial charge in [0, 0.05) is 6.42 Å². The normalized spacial score (nSPS) is 19.4. The minimum absolute atomic E-state index is 0.170. The van der Waals surface area contributed by atoms with Crippen molar-refractivity contribution in [2.45, 2.75) is 64.4 Å². The highest BCUT2D eigenvalue weighted by atomic mass is 16.5. The largest absolute Gasteiger partial charge is 0.466 e. The second-order valence-corrected chi connectivity index (χ2v) is 4.72. The van der Waals surface area contributed by atoms with Crippen LogP contribution in [0.2, 0.25) is 0 Å². The molecule has 16 heavy (non-hydrogen) atoms. The zero-order valence-electron chi connectivity index (χ0n) is 10.3. The number of aliphatic hydroxyl groups excluding tert-OH is 1. The number of carbonyl (C=O) groups is 1. The Morgan fingerprint density at radius 1 is 1.38 bits per heavy atom. The van der Waals surface area contributed by atoms with Gasteiger partial charge in [0.05, 0.1) is 12.7 Å². The number of hydrogen-bond acceptors (Lipinski definition) is 3. The van der Waals surface area contributed by atoms with E-state index in [1.807, 2.05) is 6.92 Å². The van der Waals surface area contributed by atoms with Crippen LogP contribution in [0.1, 0.15) is 58.3 Å². The first-order valence-corrected chi connectivity index (χ1v) is 6.57. The summed E-state index contributed by atoms with van der Waals surface area (Å²) in [5, 5.41) is 9.94. The Bertz CT molecular complexity index is 197. The van der Waals surface area contributed by atoms with Crippen LogP contribution in [0.25, 0.3) is 0 Å². The molecule has 1 atom stereocenters. The van der Waals surface area contributed by atoms with Gasteiger partial charge in [-0.05, 0) is 31.6 Å². The van der Waals surface area contributed by atoms with Gasteiger partial charge in [-0.3, -0.25) is 4.79 Å². The molecule has 0 amide bonds. The molecule has 0 bridgehead atoms. The second-order valence-electron chi connectivity index (χ2n) is 4.72. The molecule has 0 aromatic rings. The molecule has 0 spiro atoms. The molecule has 0 saturated heterocycles. The van der Waals surface area contributed by atoms with E-state index in [4.69, 9.17) is 4.74 Å². The average molecular weight is 228 g/mol. The molecule has 3 heteroatoms. The van der Waals surface area contributed by atoms with Crippen molar-refractivity contribution in [3.8, 4) is 0 Å². The molecule has 0 aliphatic heterocycles. The van der Waals surface area contributed by atoms with Crippen molar-refractivity contribution in [2.75, 3.05) is 6.61 Å². The molecule has 1 unspecified atom stereocenters. The van der Waals surface area contributed by atoms with Crippen molar-refractivity contribution in [1.82, 2.24) is 0 Å². The van der Waals surface area contributed by atoms with Crippen LogP contribution in [0.5, 0.6) is 0 Å². The van der Waals surface area contributed by atoms with Crippen LogP contribution in [0.4, 0.5) is 0 Å². The highest BCUT2D eigenvalue weighted by molar-refractivity contribution is 5.69. The van der Waals surface area contributed by atoms with Crippen LogP contribution in [-0.2, 0) is 9.53 Å². The Morgan fingerprint density at radius 2 is 2.06 bits per heavy atom. The van der Waals surface area contributed by atoms with Gasteiger partial charge in [-0.15, -0.1) is 0 Å². The Balaban J connectivity index is 2.13. The minimum Gasteiger partial charge on any atom is -0.466 e. The predicted octanol–water partition coefficient (Wildman–Crippen LogP) is 2.66. The van der Waals surface area contributed by atoms with Gasteiger partial charge in [0.25, 0.3) is 0 Å². The third-order valence-electron chi connectivity index (χ3n) is 3.31. The SMILES string of the molecule is CCCOC(=O)CCC(O)C1CCCCC1. The van der Waals surface area contributed by atoms with E-state index in [-0.39, 0.29) is 12.1 Å². The number of rotatable bonds is 6. The van der Waals surface area contributed by atoms with Crippen molar-refractivity contribution < 1.29 is 14.6 Å². The third-order valence-corrected chi connectivity index (χ3v) is 3.31. The summed E-state index contributed by atoms with van der Waals surface area (Å²) in [6, 6.07) is 0. The van der Waals surface area contributed by atoms with Crippen LogP contribution >= 0.6 is 0 Å². The topological polar surface area (TPSA) is 46.5 Å². The molecule has 1 fully saturated rings. The van der Waals surface area contributed by atoms with Gasteiger partial charge in [0.1, 0.15) is 0 Å². The van der Waals surface area contributed by atoms with Gasteiger partial charge in [0.2, 0.25) is 0 Å². The zero-order chi connectivity index (χ0) is 11.8. The number of esters is 1. The molecule has 0 heterocycles. The molecule has 1 saturated carbocycles. The fourth-order valence-electron chi connectivity index (χ4n) is 2.31. The summed E-state index contributed by atoms with van der Waals surface area (Å²) < 4.78 is 4.98. The van der Waals surface area contributed by atoms with Crippen molar-refractivity contribution in [1.29, 1.82) is 0 Å². The molecule has 1 N–H and O–H groups in total. The molecular formula is C13H24O3. The molecule has 3 nitrogen and oxygen atoms in total. The van der Waals surface area contributed by atoms with E-state index < -0.39 is 0 Å². The summed E-state index contributed by atoms with van der Waals surface area (Å²) in [5.74, 6) is 0.240. The standard InChI is InChI=1S/C13H24O3/c1-2-10-16-13(15)9-8-12(14)11-6-4-3-5-7-11/h11-12,14H,2-10H2,1H3. The summed E-state index contributed by atoms with van der Waals surface area (Å²) in [4.78, 5) is 11.3. The molecule has 0 aromatic carbocycles. The zero-order valence-corrected chi connectivity index (χ0v) is 10.3. The third kappa shape index (κ3) is 4.97. The van der Waals surface area contributed by atoms with E-state index in [2.05, 4.69) is 0 Å². The van der Waals surface area contributed by atoms with E-state index in [1.165, 1.54) is 19.3 Å². The molecule has 1 rings (SSSR count). The first kappa shape index (κ1) is 13.5. The molecule has 94 valence electrons. The maximum Gasteiger partial charge on any atom is 0.305 e. The molecule has 1 aliphatic rings. The Kier molecular flexibility index (Phi) is 6.46. The van der Waals surface area contributed by atoms with E-state index in [1.54, 1.807) is 0 Å². The highest BCUT2D eigenvalue weighted by Gasteiger charge is 2.22. The van der Waals surface area contributed by atoms with Crippen molar-refractivity contribution >= 4 is 5.97 Å². The lowest BCUT2D eigenvalue weighted by molar-refractivity contribution is -0.144. The quantitative estimate of drug-likeness (QED) is 0.711. The number of aliphatic hydroxyl groups is 1.